The van der Waals surface area contributed by atoms with Gasteiger partial charge in [0.15, 0.2) is 0 Å². The Bertz CT molecular complexity index is 811. The minimum absolute atomic E-state index is 0.0800. The van der Waals surface area contributed by atoms with Crippen molar-refractivity contribution < 1.29 is 9.53 Å². The lowest BCUT2D eigenvalue weighted by Gasteiger charge is -2.08. The molecule has 0 aliphatic heterocycles. The van der Waals surface area contributed by atoms with Crippen molar-refractivity contribution in [2.45, 2.75) is 6.54 Å². The van der Waals surface area contributed by atoms with E-state index in [2.05, 4.69) is 5.32 Å². The minimum Gasteiger partial charge on any atom is -0.497 e. The highest BCUT2D eigenvalue weighted by Crippen LogP contribution is 2.20. The standard InChI is InChI=1S/C21H19NO2/c1-24-20-12-10-16(11-13-20)15-22-21(23)19-9-5-8-18(14-19)17-6-3-2-4-7-17/h2-14H,15H2,1H3,(H,22,23). The molecule has 120 valence electrons. The normalized spacial score (nSPS) is 10.2. The minimum atomic E-state index is -0.0800. The van der Waals surface area contributed by atoms with Gasteiger partial charge in [0.2, 0.25) is 0 Å². The van der Waals surface area contributed by atoms with E-state index in [1.165, 1.54) is 0 Å². The maximum Gasteiger partial charge on any atom is 0.251 e. The van der Waals surface area contributed by atoms with E-state index in [0.29, 0.717) is 12.1 Å². The van der Waals surface area contributed by atoms with E-state index in [-0.39, 0.29) is 5.91 Å². The van der Waals surface area contributed by atoms with Crippen LogP contribution in [0.3, 0.4) is 0 Å². The summed E-state index contributed by atoms with van der Waals surface area (Å²) in [5.41, 5.74) is 3.82. The van der Waals surface area contributed by atoms with E-state index in [4.69, 9.17) is 4.74 Å². The molecule has 0 atom stereocenters. The summed E-state index contributed by atoms with van der Waals surface area (Å²) < 4.78 is 5.13. The van der Waals surface area contributed by atoms with E-state index in [0.717, 1.165) is 22.4 Å². The summed E-state index contributed by atoms with van der Waals surface area (Å²) in [6.07, 6.45) is 0. The van der Waals surface area contributed by atoms with Crippen LogP contribution in [0, 0.1) is 0 Å². The lowest BCUT2D eigenvalue weighted by Crippen LogP contribution is -2.22. The molecule has 0 saturated heterocycles. The van der Waals surface area contributed by atoms with Crippen molar-refractivity contribution in [2.75, 3.05) is 7.11 Å². The number of carbonyl (C=O) groups excluding carboxylic acids is 1. The maximum atomic E-state index is 12.4. The fourth-order valence-corrected chi connectivity index (χ4v) is 2.50. The zero-order chi connectivity index (χ0) is 16.8. The van der Waals surface area contributed by atoms with Gasteiger partial charge >= 0.3 is 0 Å². The van der Waals surface area contributed by atoms with Crippen LogP contribution in [0.1, 0.15) is 15.9 Å². The Morgan fingerprint density at radius 2 is 1.58 bits per heavy atom. The molecule has 3 heteroatoms. The van der Waals surface area contributed by atoms with Crippen LogP contribution in [-0.4, -0.2) is 13.0 Å². The predicted octanol–water partition coefficient (Wildman–Crippen LogP) is 4.29. The van der Waals surface area contributed by atoms with Crippen LogP contribution in [0.25, 0.3) is 11.1 Å². The molecule has 3 aromatic carbocycles. The quantitative estimate of drug-likeness (QED) is 0.762. The van der Waals surface area contributed by atoms with Gasteiger partial charge in [-0.25, -0.2) is 0 Å². The Hall–Kier alpha value is -3.07. The van der Waals surface area contributed by atoms with E-state index in [9.17, 15) is 4.79 Å². The first-order valence-electron chi connectivity index (χ1n) is 7.83. The molecule has 24 heavy (non-hydrogen) atoms. The molecule has 1 N–H and O–H groups in total. The van der Waals surface area contributed by atoms with Crippen molar-refractivity contribution in [3.63, 3.8) is 0 Å². The smallest absolute Gasteiger partial charge is 0.251 e. The summed E-state index contributed by atoms with van der Waals surface area (Å²) >= 11 is 0. The molecule has 0 aliphatic carbocycles. The molecule has 3 rings (SSSR count). The third kappa shape index (κ3) is 3.82. The molecule has 0 radical (unpaired) electrons. The molecule has 0 bridgehead atoms. The van der Waals surface area contributed by atoms with Gasteiger partial charge in [0.1, 0.15) is 5.75 Å². The number of amides is 1. The van der Waals surface area contributed by atoms with Gasteiger partial charge in [0.25, 0.3) is 5.91 Å². The average Bonchev–Trinajstić information content (AvgIpc) is 2.67. The highest BCUT2D eigenvalue weighted by molar-refractivity contribution is 5.95. The molecular formula is C21H19NO2. The van der Waals surface area contributed by atoms with Crippen LogP contribution >= 0.6 is 0 Å². The second-order valence-corrected chi connectivity index (χ2v) is 5.48. The van der Waals surface area contributed by atoms with Crippen LogP contribution < -0.4 is 10.1 Å². The Labute approximate surface area is 141 Å². The number of methoxy groups -OCH3 is 1. The van der Waals surface area contributed by atoms with Gasteiger partial charge in [-0.05, 0) is 41.0 Å². The number of hydrogen-bond donors (Lipinski definition) is 1. The summed E-state index contributed by atoms with van der Waals surface area (Å²) in [6, 6.07) is 25.4. The summed E-state index contributed by atoms with van der Waals surface area (Å²) in [7, 11) is 1.64. The Balaban J connectivity index is 1.68. The third-order valence-corrected chi connectivity index (χ3v) is 3.84. The number of nitrogens with one attached hydrogen (secondary N) is 1. The summed E-state index contributed by atoms with van der Waals surface area (Å²) in [4.78, 5) is 12.4. The first-order valence-corrected chi connectivity index (χ1v) is 7.83. The second-order valence-electron chi connectivity index (χ2n) is 5.48. The summed E-state index contributed by atoms with van der Waals surface area (Å²) in [6.45, 7) is 0.485. The lowest BCUT2D eigenvalue weighted by molar-refractivity contribution is 0.0951. The highest BCUT2D eigenvalue weighted by atomic mass is 16.5. The molecule has 3 nitrogen and oxygen atoms in total. The molecule has 0 fully saturated rings. The van der Waals surface area contributed by atoms with Crippen LogP contribution in [0.5, 0.6) is 5.75 Å². The fourth-order valence-electron chi connectivity index (χ4n) is 2.50. The molecule has 0 saturated carbocycles. The molecule has 0 aliphatic rings. The number of rotatable bonds is 5. The van der Waals surface area contributed by atoms with Crippen molar-refractivity contribution >= 4 is 5.91 Å². The number of ether oxygens (including phenoxy) is 1. The molecule has 0 heterocycles. The fraction of sp³-hybridized carbons (Fsp3) is 0.0952. The largest absolute Gasteiger partial charge is 0.497 e. The topological polar surface area (TPSA) is 38.3 Å². The Morgan fingerprint density at radius 1 is 0.875 bits per heavy atom. The Morgan fingerprint density at radius 3 is 2.29 bits per heavy atom. The molecule has 0 unspecified atom stereocenters. The van der Waals surface area contributed by atoms with E-state index >= 15 is 0 Å². The van der Waals surface area contributed by atoms with Crippen LogP contribution in [-0.2, 0) is 6.54 Å². The van der Waals surface area contributed by atoms with Crippen molar-refractivity contribution in [2.24, 2.45) is 0 Å². The molecular weight excluding hydrogens is 298 g/mol. The zero-order valence-electron chi connectivity index (χ0n) is 13.5. The molecule has 3 aromatic rings. The number of carbonyl (C=O) groups is 1. The van der Waals surface area contributed by atoms with Gasteiger partial charge in [0, 0.05) is 12.1 Å². The monoisotopic (exact) mass is 317 g/mol. The van der Waals surface area contributed by atoms with Crippen molar-refractivity contribution in [1.82, 2.24) is 5.32 Å². The summed E-state index contributed by atoms with van der Waals surface area (Å²) in [5.74, 6) is 0.726. The third-order valence-electron chi connectivity index (χ3n) is 3.84. The zero-order valence-corrected chi connectivity index (χ0v) is 13.5. The van der Waals surface area contributed by atoms with Crippen molar-refractivity contribution in [1.29, 1.82) is 0 Å². The first-order chi connectivity index (χ1) is 11.8. The van der Waals surface area contributed by atoms with Crippen LogP contribution in [0.4, 0.5) is 0 Å². The number of hydrogen-bond acceptors (Lipinski definition) is 2. The van der Waals surface area contributed by atoms with Crippen molar-refractivity contribution in [3.8, 4) is 16.9 Å². The lowest BCUT2D eigenvalue weighted by atomic mass is 10.0. The predicted molar refractivity (Wildman–Crippen MR) is 96.0 cm³/mol. The van der Waals surface area contributed by atoms with Gasteiger partial charge in [0.05, 0.1) is 7.11 Å². The van der Waals surface area contributed by atoms with Gasteiger partial charge < -0.3 is 10.1 Å². The van der Waals surface area contributed by atoms with Gasteiger partial charge in [-0.3, -0.25) is 4.79 Å². The van der Waals surface area contributed by atoms with Crippen LogP contribution in [0.2, 0.25) is 0 Å². The van der Waals surface area contributed by atoms with Gasteiger partial charge in [-0.2, -0.15) is 0 Å². The Kier molecular flexibility index (Phi) is 4.92. The average molecular weight is 317 g/mol. The van der Waals surface area contributed by atoms with Gasteiger partial charge in [-0.15, -0.1) is 0 Å². The van der Waals surface area contributed by atoms with Gasteiger partial charge in [-0.1, -0.05) is 54.6 Å². The summed E-state index contributed by atoms with van der Waals surface area (Å²) in [5, 5.41) is 2.95. The van der Waals surface area contributed by atoms with E-state index < -0.39 is 0 Å². The molecule has 1 amide bonds. The second kappa shape index (κ2) is 7.47. The molecule has 0 aromatic heterocycles. The first kappa shape index (κ1) is 15.8. The number of benzene rings is 3. The van der Waals surface area contributed by atoms with E-state index in [1.54, 1.807) is 7.11 Å². The van der Waals surface area contributed by atoms with Crippen LogP contribution in [0.15, 0.2) is 78.9 Å². The highest BCUT2D eigenvalue weighted by Gasteiger charge is 2.07. The van der Waals surface area contributed by atoms with Crippen molar-refractivity contribution in [3.05, 3.63) is 90.0 Å². The maximum absolute atomic E-state index is 12.4. The van der Waals surface area contributed by atoms with E-state index in [1.807, 2.05) is 78.9 Å². The SMILES string of the molecule is COc1ccc(CNC(=O)c2cccc(-c3ccccc3)c2)cc1. The molecule has 0 spiro atoms.